The SMILES string of the molecule is BCC(O)CN1CCC(CNC(=O)c2cc(Cl)c(N)cc2OC)CC1. The number of aliphatic hydroxyl groups is 1. The number of piperidine rings is 1. The molecule has 1 amide bonds. The Balaban J connectivity index is 1.84. The third kappa shape index (κ3) is 5.52. The van der Waals surface area contributed by atoms with Crippen molar-refractivity contribution in [1.82, 2.24) is 10.2 Å². The molecule has 0 aromatic heterocycles. The summed E-state index contributed by atoms with van der Waals surface area (Å²) in [5.41, 5.74) is 6.53. The quantitative estimate of drug-likeness (QED) is 0.490. The fraction of sp³-hybridized carbons (Fsp3) is 0.588. The maximum atomic E-state index is 12.4. The molecule has 1 aliphatic heterocycles. The molecule has 1 aliphatic rings. The number of methoxy groups -OCH3 is 1. The molecule has 1 fully saturated rings. The molecule has 1 atom stereocenters. The van der Waals surface area contributed by atoms with Gasteiger partial charge in [-0.05, 0) is 37.9 Å². The Morgan fingerprint density at radius 3 is 2.80 bits per heavy atom. The van der Waals surface area contributed by atoms with Gasteiger partial charge in [-0.15, -0.1) is 0 Å². The van der Waals surface area contributed by atoms with Crippen molar-refractivity contribution in [2.75, 3.05) is 39.0 Å². The van der Waals surface area contributed by atoms with Crippen molar-refractivity contribution >= 4 is 31.0 Å². The Labute approximate surface area is 155 Å². The second kappa shape index (κ2) is 9.31. The highest BCUT2D eigenvalue weighted by Gasteiger charge is 2.22. The van der Waals surface area contributed by atoms with Gasteiger partial charge in [-0.2, -0.15) is 0 Å². The molecule has 2 rings (SSSR count). The minimum atomic E-state index is -0.251. The predicted octanol–water partition coefficient (Wildman–Crippen LogP) is 0.785. The number of nitrogens with two attached hydrogens (primary N) is 1. The molecule has 1 aromatic carbocycles. The van der Waals surface area contributed by atoms with Gasteiger partial charge in [-0.25, -0.2) is 0 Å². The van der Waals surface area contributed by atoms with E-state index in [0.717, 1.165) is 38.8 Å². The molecule has 8 heteroatoms. The third-order valence-electron chi connectivity index (χ3n) is 4.76. The third-order valence-corrected chi connectivity index (χ3v) is 5.09. The van der Waals surface area contributed by atoms with Crippen molar-refractivity contribution in [2.45, 2.75) is 25.3 Å². The minimum Gasteiger partial charge on any atom is -0.496 e. The van der Waals surface area contributed by atoms with Crippen molar-refractivity contribution in [1.29, 1.82) is 0 Å². The van der Waals surface area contributed by atoms with Gasteiger partial charge in [-0.1, -0.05) is 17.9 Å². The van der Waals surface area contributed by atoms with Crippen LogP contribution in [0, 0.1) is 5.92 Å². The molecular formula is C17H27BClN3O3. The number of anilines is 1. The number of aliphatic hydroxyl groups excluding tert-OH is 1. The maximum absolute atomic E-state index is 12.4. The monoisotopic (exact) mass is 367 g/mol. The summed E-state index contributed by atoms with van der Waals surface area (Å²) in [6.07, 6.45) is 2.55. The number of nitrogens with one attached hydrogen (secondary N) is 1. The summed E-state index contributed by atoms with van der Waals surface area (Å²) in [4.78, 5) is 14.7. The number of β-amino-alcohol motifs (C(OH)–C–C–N with tert-alkyl or cyclic N) is 1. The van der Waals surface area contributed by atoms with Crippen LogP contribution in [0.3, 0.4) is 0 Å². The molecule has 4 N–H and O–H groups in total. The van der Waals surface area contributed by atoms with E-state index in [0.29, 0.717) is 34.5 Å². The molecule has 138 valence electrons. The second-order valence-corrected chi connectivity index (χ2v) is 7.00. The molecule has 1 heterocycles. The number of amides is 1. The number of rotatable bonds is 7. The van der Waals surface area contributed by atoms with E-state index in [1.807, 2.05) is 7.85 Å². The molecule has 1 unspecified atom stereocenters. The number of halogens is 1. The summed E-state index contributed by atoms with van der Waals surface area (Å²) >= 11 is 6.02. The number of hydrogen-bond donors (Lipinski definition) is 3. The maximum Gasteiger partial charge on any atom is 0.255 e. The van der Waals surface area contributed by atoms with E-state index in [1.165, 1.54) is 7.11 Å². The summed E-state index contributed by atoms with van der Waals surface area (Å²) in [6, 6.07) is 3.11. The van der Waals surface area contributed by atoms with E-state index < -0.39 is 0 Å². The topological polar surface area (TPSA) is 87.8 Å². The predicted molar refractivity (Wildman–Crippen MR) is 103 cm³/mol. The van der Waals surface area contributed by atoms with Gasteiger partial charge < -0.3 is 25.8 Å². The lowest BCUT2D eigenvalue weighted by atomic mass is 9.94. The molecule has 25 heavy (non-hydrogen) atoms. The summed E-state index contributed by atoms with van der Waals surface area (Å²) in [5, 5.41) is 13.1. The number of carbonyl (C=O) groups excluding carboxylic acids is 1. The zero-order chi connectivity index (χ0) is 18.4. The largest absolute Gasteiger partial charge is 0.496 e. The molecule has 6 nitrogen and oxygen atoms in total. The molecule has 0 saturated carbocycles. The minimum absolute atomic E-state index is 0.206. The van der Waals surface area contributed by atoms with Crippen LogP contribution >= 0.6 is 11.6 Å². The highest BCUT2D eigenvalue weighted by atomic mass is 35.5. The lowest BCUT2D eigenvalue weighted by Crippen LogP contribution is -2.41. The van der Waals surface area contributed by atoms with Gasteiger partial charge in [0.2, 0.25) is 0 Å². The Kier molecular flexibility index (Phi) is 7.41. The number of ether oxygens (including phenoxy) is 1. The number of carbonyl (C=O) groups is 1. The van der Waals surface area contributed by atoms with Crippen molar-refractivity contribution in [3.05, 3.63) is 22.7 Å². The van der Waals surface area contributed by atoms with Crippen LogP contribution in [-0.4, -0.2) is 63.2 Å². The standard InChI is InChI=1S/C17H27BClN3O3/c1-25-16-7-15(20)14(19)6-13(16)17(24)21-9-11-2-4-22(5-3-11)10-12(23)8-18/h6-7,11-12,23H,2-5,8-10,18,20H2,1H3,(H,21,24). The van der Waals surface area contributed by atoms with Gasteiger partial charge in [0.25, 0.3) is 5.91 Å². The Bertz CT molecular complexity index is 595. The van der Waals surface area contributed by atoms with E-state index in [-0.39, 0.29) is 12.0 Å². The summed E-state index contributed by atoms with van der Waals surface area (Å²) in [7, 11) is 3.49. The van der Waals surface area contributed by atoms with Gasteiger partial charge in [-0.3, -0.25) is 4.79 Å². The van der Waals surface area contributed by atoms with Crippen LogP contribution < -0.4 is 15.8 Å². The average Bonchev–Trinajstić information content (AvgIpc) is 2.62. The van der Waals surface area contributed by atoms with E-state index in [9.17, 15) is 9.90 Å². The first kappa shape index (κ1) is 19.9. The van der Waals surface area contributed by atoms with Gasteiger partial charge in [0.1, 0.15) is 13.6 Å². The van der Waals surface area contributed by atoms with Gasteiger partial charge >= 0.3 is 0 Å². The summed E-state index contributed by atoms with van der Waals surface area (Å²) in [6.45, 7) is 3.26. The number of hydrogen-bond acceptors (Lipinski definition) is 5. The molecule has 0 bridgehead atoms. The van der Waals surface area contributed by atoms with E-state index in [2.05, 4.69) is 10.2 Å². The van der Waals surface area contributed by atoms with Gasteiger partial charge in [0, 0.05) is 19.2 Å². The van der Waals surface area contributed by atoms with Crippen LogP contribution in [0.15, 0.2) is 12.1 Å². The normalized spacial score (nSPS) is 17.2. The molecule has 1 saturated heterocycles. The Hall–Kier alpha value is -1.44. The Morgan fingerprint density at radius 1 is 1.52 bits per heavy atom. The average molecular weight is 368 g/mol. The fourth-order valence-corrected chi connectivity index (χ4v) is 3.21. The number of likely N-dealkylation sites (tertiary alicyclic amines) is 1. The van der Waals surface area contributed by atoms with Crippen LogP contribution in [0.2, 0.25) is 11.3 Å². The van der Waals surface area contributed by atoms with E-state index in [1.54, 1.807) is 12.1 Å². The summed E-state index contributed by atoms with van der Waals surface area (Å²) < 4.78 is 5.23. The van der Waals surface area contributed by atoms with Crippen LogP contribution in [0.25, 0.3) is 0 Å². The first-order valence-electron chi connectivity index (χ1n) is 8.76. The molecule has 1 aromatic rings. The summed E-state index contributed by atoms with van der Waals surface area (Å²) in [5.74, 6) is 0.652. The fourth-order valence-electron chi connectivity index (χ4n) is 3.05. The van der Waals surface area contributed by atoms with Crippen LogP contribution in [0.1, 0.15) is 23.2 Å². The first-order chi connectivity index (χ1) is 11.9. The van der Waals surface area contributed by atoms with Crippen LogP contribution in [0.5, 0.6) is 5.75 Å². The van der Waals surface area contributed by atoms with Gasteiger partial charge in [0.15, 0.2) is 0 Å². The Morgan fingerprint density at radius 2 is 2.20 bits per heavy atom. The zero-order valence-electron chi connectivity index (χ0n) is 14.9. The highest BCUT2D eigenvalue weighted by molar-refractivity contribution is 6.33. The number of nitrogen functional groups attached to an aromatic ring is 1. The van der Waals surface area contributed by atoms with Crippen molar-refractivity contribution in [3.63, 3.8) is 0 Å². The zero-order valence-corrected chi connectivity index (χ0v) is 15.7. The molecule has 0 aliphatic carbocycles. The molecular weight excluding hydrogens is 340 g/mol. The van der Waals surface area contributed by atoms with Crippen molar-refractivity contribution < 1.29 is 14.6 Å². The second-order valence-electron chi connectivity index (χ2n) is 6.59. The lowest BCUT2D eigenvalue weighted by Gasteiger charge is -2.33. The lowest BCUT2D eigenvalue weighted by molar-refractivity contribution is 0.0899. The number of nitrogens with zero attached hydrogens (tertiary/aromatic N) is 1. The highest BCUT2D eigenvalue weighted by Crippen LogP contribution is 2.29. The van der Waals surface area contributed by atoms with E-state index >= 15 is 0 Å². The molecule has 0 spiro atoms. The first-order valence-corrected chi connectivity index (χ1v) is 9.14. The van der Waals surface area contributed by atoms with Crippen LogP contribution in [0.4, 0.5) is 5.69 Å². The van der Waals surface area contributed by atoms with Crippen molar-refractivity contribution in [3.8, 4) is 5.75 Å². The number of benzene rings is 1. The molecule has 0 radical (unpaired) electrons. The van der Waals surface area contributed by atoms with Gasteiger partial charge in [0.05, 0.1) is 29.5 Å². The van der Waals surface area contributed by atoms with Crippen molar-refractivity contribution in [2.24, 2.45) is 5.92 Å². The smallest absolute Gasteiger partial charge is 0.255 e. The van der Waals surface area contributed by atoms with Crippen LogP contribution in [-0.2, 0) is 0 Å². The van der Waals surface area contributed by atoms with E-state index in [4.69, 9.17) is 22.1 Å².